The number of benzene rings is 1. The summed E-state index contributed by atoms with van der Waals surface area (Å²) in [6.07, 6.45) is 1.37. The van der Waals surface area contributed by atoms with Gasteiger partial charge in [-0.15, -0.1) is 0 Å². The standard InChI is InChI=1S/C15H22NO2/c1-5-15(17)13(3)16(4,18-6-2)12-14-10-8-7-9-11-14/h5,7-11,13H,1,6,12H2,2-4H3/q+1. The van der Waals surface area contributed by atoms with Crippen LogP contribution < -0.4 is 0 Å². The highest BCUT2D eigenvalue weighted by Crippen LogP contribution is 2.18. The highest BCUT2D eigenvalue weighted by Gasteiger charge is 2.35. The lowest BCUT2D eigenvalue weighted by molar-refractivity contribution is -1.11. The summed E-state index contributed by atoms with van der Waals surface area (Å²) in [6, 6.07) is 9.79. The summed E-state index contributed by atoms with van der Waals surface area (Å²) < 4.78 is 0.241. The van der Waals surface area contributed by atoms with Crippen LogP contribution in [0.25, 0.3) is 0 Å². The zero-order valence-electron chi connectivity index (χ0n) is 11.4. The van der Waals surface area contributed by atoms with Crippen molar-refractivity contribution in [2.45, 2.75) is 26.4 Å². The molecule has 0 aromatic heterocycles. The van der Waals surface area contributed by atoms with Crippen LogP contribution in [-0.4, -0.2) is 30.1 Å². The Bertz CT molecular complexity index is 402. The number of ketones is 1. The van der Waals surface area contributed by atoms with Gasteiger partial charge in [0.2, 0.25) is 5.78 Å². The van der Waals surface area contributed by atoms with E-state index < -0.39 is 0 Å². The average Bonchev–Trinajstić information content (AvgIpc) is 2.38. The number of hydrogen-bond donors (Lipinski definition) is 0. The molecule has 3 nitrogen and oxygen atoms in total. The highest BCUT2D eigenvalue weighted by molar-refractivity contribution is 5.92. The quantitative estimate of drug-likeness (QED) is 0.421. The van der Waals surface area contributed by atoms with Crippen molar-refractivity contribution in [1.29, 1.82) is 0 Å². The zero-order chi connectivity index (χ0) is 13.6. The number of likely N-dealkylation sites (N-methyl/N-ethyl adjacent to an activating group) is 1. The molecular formula is C15H22NO2+. The van der Waals surface area contributed by atoms with Crippen molar-refractivity contribution in [3.63, 3.8) is 0 Å². The molecule has 1 rings (SSSR count). The van der Waals surface area contributed by atoms with Gasteiger partial charge < -0.3 is 0 Å². The number of rotatable bonds is 7. The van der Waals surface area contributed by atoms with Crippen LogP contribution in [0.2, 0.25) is 0 Å². The van der Waals surface area contributed by atoms with Gasteiger partial charge in [0.15, 0.2) is 6.04 Å². The summed E-state index contributed by atoms with van der Waals surface area (Å²) in [5, 5.41) is 0. The Balaban J connectivity index is 2.92. The first-order valence-electron chi connectivity index (χ1n) is 6.23. The van der Waals surface area contributed by atoms with E-state index in [9.17, 15) is 4.79 Å². The maximum atomic E-state index is 11.8. The van der Waals surface area contributed by atoms with Gasteiger partial charge in [0.25, 0.3) is 0 Å². The smallest absolute Gasteiger partial charge is 0.214 e. The molecular weight excluding hydrogens is 226 g/mol. The van der Waals surface area contributed by atoms with Crippen LogP contribution in [0.4, 0.5) is 0 Å². The number of hydrogen-bond acceptors (Lipinski definition) is 2. The molecule has 1 aromatic carbocycles. The second-order valence-electron chi connectivity index (χ2n) is 4.52. The predicted octanol–water partition coefficient (Wildman–Crippen LogP) is 2.73. The fourth-order valence-electron chi connectivity index (χ4n) is 1.97. The third-order valence-corrected chi connectivity index (χ3v) is 3.20. The fourth-order valence-corrected chi connectivity index (χ4v) is 1.97. The zero-order valence-corrected chi connectivity index (χ0v) is 11.4. The number of hydroxylamine groups is 3. The Morgan fingerprint density at radius 2 is 2.06 bits per heavy atom. The maximum Gasteiger partial charge on any atom is 0.214 e. The third-order valence-electron chi connectivity index (χ3n) is 3.20. The molecule has 98 valence electrons. The molecule has 3 heteroatoms. The Kier molecular flexibility index (Phi) is 5.25. The van der Waals surface area contributed by atoms with E-state index in [1.807, 2.05) is 51.2 Å². The molecule has 0 spiro atoms. The molecule has 2 atom stereocenters. The molecule has 0 amide bonds. The van der Waals surface area contributed by atoms with E-state index in [2.05, 4.69) is 6.58 Å². The average molecular weight is 248 g/mol. The van der Waals surface area contributed by atoms with Crippen LogP contribution in [0.5, 0.6) is 0 Å². The highest BCUT2D eigenvalue weighted by atomic mass is 16.7. The summed E-state index contributed by atoms with van der Waals surface area (Å²) in [5.41, 5.74) is 1.15. The molecule has 0 heterocycles. The van der Waals surface area contributed by atoms with Crippen molar-refractivity contribution < 1.29 is 14.3 Å². The van der Waals surface area contributed by atoms with E-state index in [0.29, 0.717) is 13.2 Å². The normalized spacial score (nSPS) is 15.7. The SMILES string of the molecule is C=CC(=O)C(C)[N+](C)(Cc1ccccc1)OCC. The molecule has 0 saturated heterocycles. The summed E-state index contributed by atoms with van der Waals surface area (Å²) in [7, 11) is 1.93. The van der Waals surface area contributed by atoms with E-state index in [-0.39, 0.29) is 16.5 Å². The Morgan fingerprint density at radius 1 is 1.44 bits per heavy atom. The molecule has 2 unspecified atom stereocenters. The van der Waals surface area contributed by atoms with Crippen LogP contribution in [0, 0.1) is 0 Å². The largest absolute Gasteiger partial charge is 0.288 e. The summed E-state index contributed by atoms with van der Waals surface area (Å²) >= 11 is 0. The van der Waals surface area contributed by atoms with Crippen molar-refractivity contribution in [3.05, 3.63) is 48.6 Å². The van der Waals surface area contributed by atoms with Crippen LogP contribution in [0.3, 0.4) is 0 Å². The molecule has 18 heavy (non-hydrogen) atoms. The van der Waals surface area contributed by atoms with Gasteiger partial charge >= 0.3 is 0 Å². The molecule has 0 saturated carbocycles. The van der Waals surface area contributed by atoms with E-state index in [0.717, 1.165) is 5.56 Å². The monoisotopic (exact) mass is 248 g/mol. The Hall–Kier alpha value is -1.45. The summed E-state index contributed by atoms with van der Waals surface area (Å²) in [5.74, 6) is 0.00174. The van der Waals surface area contributed by atoms with Gasteiger partial charge in [0, 0.05) is 5.56 Å². The van der Waals surface area contributed by atoms with E-state index in [1.165, 1.54) is 6.08 Å². The van der Waals surface area contributed by atoms with Crippen LogP contribution >= 0.6 is 0 Å². The van der Waals surface area contributed by atoms with Gasteiger partial charge in [-0.2, -0.15) is 4.65 Å². The molecule has 0 N–H and O–H groups in total. The van der Waals surface area contributed by atoms with Gasteiger partial charge in [-0.1, -0.05) is 36.9 Å². The van der Waals surface area contributed by atoms with Crippen molar-refractivity contribution in [2.75, 3.05) is 13.7 Å². The lowest BCUT2D eigenvalue weighted by Crippen LogP contribution is -2.53. The third kappa shape index (κ3) is 3.52. The molecule has 0 radical (unpaired) electrons. The molecule has 0 fully saturated rings. The van der Waals surface area contributed by atoms with Gasteiger partial charge in [-0.05, 0) is 19.9 Å². The van der Waals surface area contributed by atoms with E-state index in [4.69, 9.17) is 4.84 Å². The number of carbonyl (C=O) groups excluding carboxylic acids is 1. The van der Waals surface area contributed by atoms with E-state index in [1.54, 1.807) is 0 Å². The lowest BCUT2D eigenvalue weighted by atomic mass is 10.1. The van der Waals surface area contributed by atoms with Gasteiger partial charge in [-0.25, -0.2) is 4.84 Å². The number of carbonyl (C=O) groups is 1. The molecule has 0 aliphatic heterocycles. The predicted molar refractivity (Wildman–Crippen MR) is 72.6 cm³/mol. The van der Waals surface area contributed by atoms with Gasteiger partial charge in [0.05, 0.1) is 7.05 Å². The molecule has 0 aliphatic carbocycles. The van der Waals surface area contributed by atoms with Crippen molar-refractivity contribution >= 4 is 5.78 Å². The first-order chi connectivity index (χ1) is 8.53. The second kappa shape index (κ2) is 6.47. The number of nitrogens with zero attached hydrogens (tertiary/aromatic N) is 1. The Labute approximate surface area is 109 Å². The summed E-state index contributed by atoms with van der Waals surface area (Å²) in [4.78, 5) is 17.6. The Morgan fingerprint density at radius 3 is 2.56 bits per heavy atom. The fraction of sp³-hybridized carbons (Fsp3) is 0.400. The second-order valence-corrected chi connectivity index (χ2v) is 4.52. The van der Waals surface area contributed by atoms with Crippen molar-refractivity contribution in [3.8, 4) is 0 Å². The topological polar surface area (TPSA) is 26.3 Å². The molecule has 1 aromatic rings. The van der Waals surface area contributed by atoms with Gasteiger partial charge in [0.1, 0.15) is 13.2 Å². The van der Waals surface area contributed by atoms with Crippen LogP contribution in [-0.2, 0) is 16.2 Å². The molecule has 0 aliphatic rings. The van der Waals surface area contributed by atoms with E-state index >= 15 is 0 Å². The number of quaternary nitrogens is 1. The maximum absolute atomic E-state index is 11.8. The van der Waals surface area contributed by atoms with Crippen molar-refractivity contribution in [2.24, 2.45) is 0 Å². The van der Waals surface area contributed by atoms with Gasteiger partial charge in [-0.3, -0.25) is 4.79 Å². The van der Waals surface area contributed by atoms with Crippen LogP contribution in [0.1, 0.15) is 19.4 Å². The van der Waals surface area contributed by atoms with Crippen molar-refractivity contribution in [1.82, 2.24) is 0 Å². The minimum Gasteiger partial charge on any atom is -0.288 e. The first-order valence-corrected chi connectivity index (χ1v) is 6.23. The lowest BCUT2D eigenvalue weighted by Gasteiger charge is -2.35. The van der Waals surface area contributed by atoms with Crippen LogP contribution in [0.15, 0.2) is 43.0 Å². The molecule has 0 bridgehead atoms. The minimum absolute atomic E-state index is 0.00174. The minimum atomic E-state index is -0.261. The summed E-state index contributed by atoms with van der Waals surface area (Å²) in [6.45, 7) is 8.59. The first kappa shape index (κ1) is 14.6.